The normalized spacial score (nSPS) is 16.8. The van der Waals surface area contributed by atoms with Crippen LogP contribution in [0.15, 0.2) is 24.3 Å². The number of nitrogens with one attached hydrogen (secondary N) is 1. The van der Waals surface area contributed by atoms with Crippen LogP contribution < -0.4 is 11.1 Å². The first-order chi connectivity index (χ1) is 10.2. The third kappa shape index (κ3) is 5.05. The zero-order valence-corrected chi connectivity index (χ0v) is 13.0. The number of rotatable bonds is 6. The molecule has 0 bridgehead atoms. The van der Waals surface area contributed by atoms with E-state index in [4.69, 9.17) is 5.73 Å². The Morgan fingerprint density at radius 1 is 1.33 bits per heavy atom. The average molecular weight is 289 g/mol. The van der Waals surface area contributed by atoms with Crippen molar-refractivity contribution in [3.8, 4) is 0 Å². The van der Waals surface area contributed by atoms with Gasteiger partial charge in [-0.05, 0) is 56.9 Å². The van der Waals surface area contributed by atoms with Gasteiger partial charge in [0, 0.05) is 6.42 Å². The molecule has 3 N–H and O–H groups in total. The van der Waals surface area contributed by atoms with Crippen LogP contribution >= 0.6 is 0 Å². The number of hydrogen-bond acceptors (Lipinski definition) is 3. The first-order valence-electron chi connectivity index (χ1n) is 8.05. The molecule has 0 atom stereocenters. The Morgan fingerprint density at radius 2 is 2.05 bits per heavy atom. The molecule has 1 aromatic rings. The standard InChI is InChI=1S/C17H27N3O/c1-2-14-9-12-20(13-10-14)11-5-8-17(21)19-16-7-4-3-6-15(16)18/h3-4,6-7,14H,2,5,8-13,18H2,1H3,(H,19,21). The molecule has 1 amide bonds. The Hall–Kier alpha value is -1.55. The summed E-state index contributed by atoms with van der Waals surface area (Å²) in [5.74, 6) is 0.960. The van der Waals surface area contributed by atoms with Crippen LogP contribution in [-0.2, 0) is 4.79 Å². The molecule has 0 spiro atoms. The fraction of sp³-hybridized carbons (Fsp3) is 0.588. The maximum atomic E-state index is 11.9. The van der Waals surface area contributed by atoms with Crippen molar-refractivity contribution in [1.29, 1.82) is 0 Å². The van der Waals surface area contributed by atoms with Crippen LogP contribution in [0.5, 0.6) is 0 Å². The van der Waals surface area contributed by atoms with E-state index in [1.54, 1.807) is 6.07 Å². The predicted octanol–water partition coefficient (Wildman–Crippen LogP) is 3.11. The van der Waals surface area contributed by atoms with E-state index in [9.17, 15) is 4.79 Å². The molecule has 1 aliphatic heterocycles. The second-order valence-electron chi connectivity index (χ2n) is 5.93. The third-order valence-corrected chi connectivity index (χ3v) is 4.40. The summed E-state index contributed by atoms with van der Waals surface area (Å²) in [5.41, 5.74) is 7.15. The first kappa shape index (κ1) is 15.8. The smallest absolute Gasteiger partial charge is 0.224 e. The molecule has 4 heteroatoms. The molecule has 0 unspecified atom stereocenters. The minimum Gasteiger partial charge on any atom is -0.397 e. The zero-order chi connectivity index (χ0) is 15.1. The lowest BCUT2D eigenvalue weighted by molar-refractivity contribution is -0.116. The number of piperidine rings is 1. The van der Waals surface area contributed by atoms with Crippen molar-refractivity contribution in [2.45, 2.75) is 39.0 Å². The van der Waals surface area contributed by atoms with Gasteiger partial charge in [0.25, 0.3) is 0 Å². The Bertz CT molecular complexity index is 453. The van der Waals surface area contributed by atoms with Crippen LogP contribution in [0.4, 0.5) is 11.4 Å². The molecule has 116 valence electrons. The van der Waals surface area contributed by atoms with Crippen LogP contribution in [0.1, 0.15) is 39.0 Å². The summed E-state index contributed by atoms with van der Waals surface area (Å²) in [6, 6.07) is 7.38. The number of carbonyl (C=O) groups is 1. The molecule has 0 aliphatic carbocycles. The summed E-state index contributed by atoms with van der Waals surface area (Å²) in [7, 11) is 0. The van der Waals surface area contributed by atoms with Crippen LogP contribution in [0, 0.1) is 5.92 Å². The molecule has 1 aliphatic rings. The lowest BCUT2D eigenvalue weighted by atomic mass is 9.94. The number of carbonyl (C=O) groups excluding carboxylic acids is 1. The molecular weight excluding hydrogens is 262 g/mol. The van der Waals surface area contributed by atoms with Gasteiger partial charge in [-0.15, -0.1) is 0 Å². The van der Waals surface area contributed by atoms with Crippen LogP contribution in [0.2, 0.25) is 0 Å². The number of benzene rings is 1. The Kier molecular flexibility index (Phi) is 6.05. The number of para-hydroxylation sites is 2. The second kappa shape index (κ2) is 8.03. The molecule has 0 saturated carbocycles. The minimum absolute atomic E-state index is 0.0522. The monoisotopic (exact) mass is 289 g/mol. The Labute approximate surface area is 127 Å². The van der Waals surface area contributed by atoms with Crippen molar-refractivity contribution in [1.82, 2.24) is 4.90 Å². The summed E-state index contributed by atoms with van der Waals surface area (Å²) in [6.07, 6.45) is 5.39. The van der Waals surface area contributed by atoms with E-state index in [0.717, 1.165) is 18.9 Å². The van der Waals surface area contributed by atoms with Crippen molar-refractivity contribution >= 4 is 17.3 Å². The second-order valence-corrected chi connectivity index (χ2v) is 5.93. The van der Waals surface area contributed by atoms with Gasteiger partial charge in [0.15, 0.2) is 0 Å². The molecule has 1 fully saturated rings. The number of hydrogen-bond donors (Lipinski definition) is 2. The van der Waals surface area contributed by atoms with Crippen LogP contribution in [0.25, 0.3) is 0 Å². The highest BCUT2D eigenvalue weighted by Gasteiger charge is 2.17. The quantitative estimate of drug-likeness (QED) is 0.791. The van der Waals surface area contributed by atoms with Gasteiger partial charge < -0.3 is 16.0 Å². The topological polar surface area (TPSA) is 58.4 Å². The number of nitrogens with two attached hydrogens (primary N) is 1. The van der Waals surface area contributed by atoms with Gasteiger partial charge in [-0.1, -0.05) is 25.5 Å². The van der Waals surface area contributed by atoms with Crippen LogP contribution in [0.3, 0.4) is 0 Å². The van der Waals surface area contributed by atoms with Crippen molar-refractivity contribution in [3.05, 3.63) is 24.3 Å². The predicted molar refractivity (Wildman–Crippen MR) is 88.2 cm³/mol. The molecule has 0 aromatic heterocycles. The van der Waals surface area contributed by atoms with Gasteiger partial charge in [0.1, 0.15) is 0 Å². The van der Waals surface area contributed by atoms with Crippen molar-refractivity contribution in [3.63, 3.8) is 0 Å². The number of anilines is 2. The molecule has 2 rings (SSSR count). The average Bonchev–Trinajstić information content (AvgIpc) is 2.50. The van der Waals surface area contributed by atoms with Gasteiger partial charge in [0.2, 0.25) is 5.91 Å². The van der Waals surface area contributed by atoms with E-state index in [-0.39, 0.29) is 5.91 Å². The summed E-state index contributed by atoms with van der Waals surface area (Å²) in [6.45, 7) is 5.67. The molecule has 4 nitrogen and oxygen atoms in total. The van der Waals surface area contributed by atoms with Crippen molar-refractivity contribution in [2.24, 2.45) is 5.92 Å². The third-order valence-electron chi connectivity index (χ3n) is 4.40. The maximum absolute atomic E-state index is 11.9. The van der Waals surface area contributed by atoms with E-state index in [1.807, 2.05) is 18.2 Å². The van der Waals surface area contributed by atoms with Crippen molar-refractivity contribution in [2.75, 3.05) is 30.7 Å². The number of nitrogen functional groups attached to an aromatic ring is 1. The molecule has 1 saturated heterocycles. The van der Waals surface area contributed by atoms with Gasteiger partial charge in [-0.25, -0.2) is 0 Å². The Morgan fingerprint density at radius 3 is 2.71 bits per heavy atom. The van der Waals surface area contributed by atoms with Crippen molar-refractivity contribution < 1.29 is 4.79 Å². The molecule has 21 heavy (non-hydrogen) atoms. The minimum atomic E-state index is 0.0522. The van der Waals surface area contributed by atoms with Gasteiger partial charge in [-0.3, -0.25) is 4.79 Å². The SMILES string of the molecule is CCC1CCN(CCCC(=O)Nc2ccccc2N)CC1. The summed E-state index contributed by atoms with van der Waals surface area (Å²) in [5, 5.41) is 2.88. The molecular formula is C17H27N3O. The van der Waals surface area contributed by atoms with Gasteiger partial charge in [-0.2, -0.15) is 0 Å². The maximum Gasteiger partial charge on any atom is 0.224 e. The lowest BCUT2D eigenvalue weighted by Crippen LogP contribution is -2.34. The molecule has 1 heterocycles. The number of nitrogens with zero attached hydrogens (tertiary/aromatic N) is 1. The Balaban J connectivity index is 1.65. The van der Waals surface area contributed by atoms with E-state index in [0.29, 0.717) is 17.8 Å². The first-order valence-corrected chi connectivity index (χ1v) is 8.05. The van der Waals surface area contributed by atoms with E-state index in [1.165, 1.54) is 32.4 Å². The number of likely N-dealkylation sites (tertiary alicyclic amines) is 1. The molecule has 0 radical (unpaired) electrons. The summed E-state index contributed by atoms with van der Waals surface area (Å²) < 4.78 is 0. The highest BCUT2D eigenvalue weighted by molar-refractivity contribution is 5.93. The fourth-order valence-electron chi connectivity index (χ4n) is 2.91. The number of amides is 1. The van der Waals surface area contributed by atoms with E-state index in [2.05, 4.69) is 17.1 Å². The zero-order valence-electron chi connectivity index (χ0n) is 13.0. The fourth-order valence-corrected chi connectivity index (χ4v) is 2.91. The summed E-state index contributed by atoms with van der Waals surface area (Å²) >= 11 is 0. The molecule has 1 aromatic carbocycles. The highest BCUT2D eigenvalue weighted by Crippen LogP contribution is 2.20. The van der Waals surface area contributed by atoms with Gasteiger partial charge >= 0.3 is 0 Å². The largest absolute Gasteiger partial charge is 0.397 e. The highest BCUT2D eigenvalue weighted by atomic mass is 16.1. The van der Waals surface area contributed by atoms with Gasteiger partial charge in [0.05, 0.1) is 11.4 Å². The summed E-state index contributed by atoms with van der Waals surface area (Å²) in [4.78, 5) is 14.4. The lowest BCUT2D eigenvalue weighted by Gasteiger charge is -2.31. The van der Waals surface area contributed by atoms with E-state index < -0.39 is 0 Å². The van der Waals surface area contributed by atoms with E-state index >= 15 is 0 Å². The van der Waals surface area contributed by atoms with Crippen LogP contribution in [-0.4, -0.2) is 30.4 Å².